The highest BCUT2D eigenvalue weighted by atomic mass is 16.5. The maximum Gasteiger partial charge on any atom is 0.309 e. The van der Waals surface area contributed by atoms with Crippen LogP contribution >= 0.6 is 0 Å². The minimum Gasteiger partial charge on any atom is -0.462 e. The molecule has 2 aliphatic heterocycles. The highest BCUT2D eigenvalue weighted by Crippen LogP contribution is 2.40. The lowest BCUT2D eigenvalue weighted by molar-refractivity contribution is -0.167. The average molecular weight is 481 g/mol. The number of carbonyl (C=O) groups is 2. The van der Waals surface area contributed by atoms with E-state index in [1.54, 1.807) is 0 Å². The van der Waals surface area contributed by atoms with E-state index in [1.165, 1.54) is 0 Å². The third kappa shape index (κ3) is 6.54. The molecule has 2 fully saturated rings. The molecule has 0 aromatic rings. The summed E-state index contributed by atoms with van der Waals surface area (Å²) in [6, 6.07) is 0. The summed E-state index contributed by atoms with van der Waals surface area (Å²) in [5.74, 6) is -1.01. The van der Waals surface area contributed by atoms with Crippen LogP contribution in [0.1, 0.15) is 108 Å². The number of rotatable bonds is 7. The largest absolute Gasteiger partial charge is 0.462 e. The van der Waals surface area contributed by atoms with Crippen LogP contribution in [0, 0.1) is 11.8 Å². The number of carbonyl (C=O) groups excluding carboxylic acids is 2. The molecule has 0 aliphatic carbocycles. The number of likely N-dealkylation sites (tertiary alicyclic amines) is 2. The predicted molar refractivity (Wildman–Crippen MR) is 138 cm³/mol. The van der Waals surface area contributed by atoms with E-state index in [9.17, 15) is 9.59 Å². The SMILES string of the molecule is CCC(CC(C)C(=O)OC1CC(C)(C)N(C)C(C)(C)C1)C(=O)OC1CC(C)(C)N(C)C(C)(C)C1. The van der Waals surface area contributed by atoms with E-state index in [0.29, 0.717) is 12.8 Å². The van der Waals surface area contributed by atoms with Gasteiger partial charge in [-0.3, -0.25) is 19.4 Å². The van der Waals surface area contributed by atoms with E-state index in [0.717, 1.165) is 25.7 Å². The van der Waals surface area contributed by atoms with Crippen molar-refractivity contribution in [2.24, 2.45) is 11.8 Å². The van der Waals surface area contributed by atoms with Gasteiger partial charge in [-0.2, -0.15) is 0 Å². The Morgan fingerprint density at radius 1 is 0.735 bits per heavy atom. The summed E-state index contributed by atoms with van der Waals surface area (Å²) in [5, 5.41) is 0. The minimum atomic E-state index is -0.339. The van der Waals surface area contributed by atoms with Crippen LogP contribution in [0.25, 0.3) is 0 Å². The van der Waals surface area contributed by atoms with Crippen LogP contribution in [0.2, 0.25) is 0 Å². The molecule has 2 rings (SSSR count). The number of hydrogen-bond donors (Lipinski definition) is 0. The highest BCUT2D eigenvalue weighted by Gasteiger charge is 2.46. The lowest BCUT2D eigenvalue weighted by Gasteiger charge is -2.53. The van der Waals surface area contributed by atoms with Crippen LogP contribution < -0.4 is 0 Å². The zero-order chi connectivity index (χ0) is 26.3. The monoisotopic (exact) mass is 480 g/mol. The molecule has 0 N–H and O–H groups in total. The van der Waals surface area contributed by atoms with Gasteiger partial charge in [-0.25, -0.2) is 0 Å². The molecule has 2 saturated heterocycles. The quantitative estimate of drug-likeness (QED) is 0.453. The molecule has 2 unspecified atom stereocenters. The summed E-state index contributed by atoms with van der Waals surface area (Å²) < 4.78 is 12.0. The third-order valence-corrected chi connectivity index (χ3v) is 8.97. The van der Waals surface area contributed by atoms with Gasteiger partial charge in [-0.1, -0.05) is 13.8 Å². The number of hydrogen-bond acceptors (Lipinski definition) is 6. The second-order valence-electron chi connectivity index (χ2n) is 13.5. The van der Waals surface area contributed by atoms with Gasteiger partial charge >= 0.3 is 11.9 Å². The molecule has 2 heterocycles. The molecule has 0 spiro atoms. The van der Waals surface area contributed by atoms with Crippen molar-refractivity contribution in [1.29, 1.82) is 0 Å². The maximum absolute atomic E-state index is 13.1. The Morgan fingerprint density at radius 2 is 1.06 bits per heavy atom. The van der Waals surface area contributed by atoms with Gasteiger partial charge in [0.1, 0.15) is 12.2 Å². The summed E-state index contributed by atoms with van der Waals surface area (Å²) >= 11 is 0. The molecular formula is C28H52N2O4. The topological polar surface area (TPSA) is 59.1 Å². The molecule has 6 heteroatoms. The fourth-order valence-electron chi connectivity index (χ4n) is 6.22. The van der Waals surface area contributed by atoms with Crippen LogP contribution in [0.3, 0.4) is 0 Å². The third-order valence-electron chi connectivity index (χ3n) is 8.97. The van der Waals surface area contributed by atoms with Crippen molar-refractivity contribution in [2.45, 2.75) is 142 Å². The Labute approximate surface area is 209 Å². The van der Waals surface area contributed by atoms with E-state index < -0.39 is 0 Å². The Hall–Kier alpha value is -1.14. The van der Waals surface area contributed by atoms with Gasteiger partial charge in [-0.05, 0) is 82.3 Å². The fourth-order valence-corrected chi connectivity index (χ4v) is 6.22. The van der Waals surface area contributed by atoms with E-state index in [4.69, 9.17) is 9.47 Å². The van der Waals surface area contributed by atoms with Crippen molar-refractivity contribution < 1.29 is 19.1 Å². The van der Waals surface area contributed by atoms with E-state index in [2.05, 4.69) is 79.3 Å². The zero-order valence-electron chi connectivity index (χ0n) is 24.1. The Bertz CT molecular complexity index is 707. The van der Waals surface area contributed by atoms with Gasteiger partial charge in [-0.15, -0.1) is 0 Å². The lowest BCUT2D eigenvalue weighted by Crippen LogP contribution is -2.60. The van der Waals surface area contributed by atoms with Crippen molar-refractivity contribution >= 4 is 11.9 Å². The molecule has 0 amide bonds. The number of nitrogens with zero attached hydrogens (tertiary/aromatic N) is 2. The summed E-state index contributed by atoms with van der Waals surface area (Å²) in [6.45, 7) is 21.5. The summed E-state index contributed by atoms with van der Waals surface area (Å²) in [6.07, 6.45) is 4.17. The second kappa shape index (κ2) is 10.1. The molecule has 2 atom stereocenters. The van der Waals surface area contributed by atoms with Crippen LogP contribution in [0.15, 0.2) is 0 Å². The Balaban J connectivity index is 1.96. The maximum atomic E-state index is 13.1. The molecule has 0 aromatic heterocycles. The second-order valence-corrected chi connectivity index (χ2v) is 13.5. The van der Waals surface area contributed by atoms with E-state index in [1.807, 2.05) is 13.8 Å². The molecule has 0 aromatic carbocycles. The fraction of sp³-hybridized carbons (Fsp3) is 0.929. The van der Waals surface area contributed by atoms with Gasteiger partial charge in [0.15, 0.2) is 0 Å². The summed E-state index contributed by atoms with van der Waals surface area (Å²) in [4.78, 5) is 30.9. The molecule has 34 heavy (non-hydrogen) atoms. The molecule has 0 saturated carbocycles. The van der Waals surface area contributed by atoms with Crippen molar-refractivity contribution in [2.75, 3.05) is 14.1 Å². The molecule has 0 radical (unpaired) electrons. The van der Waals surface area contributed by atoms with Crippen molar-refractivity contribution in [1.82, 2.24) is 9.80 Å². The first-order valence-corrected chi connectivity index (χ1v) is 13.2. The normalized spacial score (nSPS) is 27.1. The first kappa shape index (κ1) is 29.1. The number of esters is 2. The predicted octanol–water partition coefficient (Wildman–Crippen LogP) is 5.43. The van der Waals surface area contributed by atoms with Crippen molar-refractivity contribution in [3.8, 4) is 0 Å². The first-order valence-electron chi connectivity index (χ1n) is 13.2. The van der Waals surface area contributed by atoms with Crippen molar-refractivity contribution in [3.05, 3.63) is 0 Å². The minimum absolute atomic E-state index is 0.0404. The standard InChI is InChI=1S/C28H52N2O4/c1-13-20(24(32)34-22-17-27(7,8)30(12)28(9,10)18-22)14-19(2)23(31)33-21-15-25(3,4)29(11)26(5,6)16-21/h19-22H,13-18H2,1-12H3. The summed E-state index contributed by atoms with van der Waals surface area (Å²) in [7, 11) is 4.29. The van der Waals surface area contributed by atoms with Crippen molar-refractivity contribution in [3.63, 3.8) is 0 Å². The van der Waals surface area contributed by atoms with E-state index in [-0.39, 0.29) is 58.1 Å². The van der Waals surface area contributed by atoms with E-state index >= 15 is 0 Å². The van der Waals surface area contributed by atoms with Crippen LogP contribution in [0.4, 0.5) is 0 Å². The number of ether oxygens (including phenoxy) is 2. The van der Waals surface area contributed by atoms with Crippen LogP contribution in [-0.4, -0.2) is 70.2 Å². The first-order chi connectivity index (χ1) is 15.3. The molecule has 198 valence electrons. The molecule has 2 aliphatic rings. The highest BCUT2D eigenvalue weighted by molar-refractivity contribution is 5.76. The Kier molecular flexibility index (Phi) is 8.63. The smallest absolute Gasteiger partial charge is 0.309 e. The summed E-state index contributed by atoms with van der Waals surface area (Å²) in [5.41, 5.74) is -0.162. The number of piperidine rings is 2. The lowest BCUT2D eigenvalue weighted by atomic mass is 9.78. The van der Waals surface area contributed by atoms with Crippen LogP contribution in [-0.2, 0) is 19.1 Å². The molecule has 6 nitrogen and oxygen atoms in total. The van der Waals surface area contributed by atoms with Gasteiger partial charge in [0, 0.05) is 47.8 Å². The molecular weight excluding hydrogens is 428 g/mol. The Morgan fingerprint density at radius 3 is 1.38 bits per heavy atom. The average Bonchev–Trinajstić information content (AvgIpc) is 2.67. The van der Waals surface area contributed by atoms with Gasteiger partial charge in [0.2, 0.25) is 0 Å². The zero-order valence-corrected chi connectivity index (χ0v) is 24.1. The molecule has 0 bridgehead atoms. The van der Waals surface area contributed by atoms with Gasteiger partial charge in [0.25, 0.3) is 0 Å². The van der Waals surface area contributed by atoms with Crippen LogP contribution in [0.5, 0.6) is 0 Å². The van der Waals surface area contributed by atoms with Gasteiger partial charge in [0.05, 0.1) is 11.8 Å². The van der Waals surface area contributed by atoms with Gasteiger partial charge < -0.3 is 9.47 Å².